The molecule has 0 bridgehead atoms. The molecule has 0 unspecified atom stereocenters. The van der Waals surface area contributed by atoms with Crippen molar-refractivity contribution in [3.05, 3.63) is 88.9 Å². The van der Waals surface area contributed by atoms with Crippen molar-refractivity contribution < 1.29 is 13.5 Å². The number of ether oxygens (including phenoxy) is 1. The highest BCUT2D eigenvalue weighted by Crippen LogP contribution is 2.40. The molecular weight excluding hydrogens is 388 g/mol. The summed E-state index contributed by atoms with van der Waals surface area (Å²) < 4.78 is 36.9. The van der Waals surface area contributed by atoms with Gasteiger partial charge in [0.25, 0.3) is 0 Å². The lowest BCUT2D eigenvalue weighted by Gasteiger charge is -2.16. The third kappa shape index (κ3) is 3.39. The number of halogens is 2. The van der Waals surface area contributed by atoms with Gasteiger partial charge in [0, 0.05) is 42.8 Å². The average molecular weight is 407 g/mol. The minimum absolute atomic E-state index is 0.160. The molecule has 0 saturated heterocycles. The van der Waals surface area contributed by atoms with E-state index in [9.17, 15) is 13.6 Å². The first kappa shape index (κ1) is 19.6. The molecule has 2 aromatic carbocycles. The van der Waals surface area contributed by atoms with Gasteiger partial charge >= 0.3 is 5.69 Å². The van der Waals surface area contributed by atoms with Crippen LogP contribution in [-0.4, -0.2) is 21.2 Å². The van der Waals surface area contributed by atoms with Crippen molar-refractivity contribution >= 4 is 0 Å². The Morgan fingerprint density at radius 1 is 0.967 bits per heavy atom. The monoisotopic (exact) mass is 407 g/mol. The predicted molar refractivity (Wildman–Crippen MR) is 111 cm³/mol. The first-order valence-corrected chi connectivity index (χ1v) is 9.24. The average Bonchev–Trinajstić information content (AvgIpc) is 3.05. The number of rotatable bonds is 4. The van der Waals surface area contributed by atoms with Crippen molar-refractivity contribution in [3.63, 3.8) is 0 Å². The standard InChI is InChI=1S/C23H19F2N3O2/c1-14-10-17(22(30-3)18(11-14)16-6-7-26-21(25)13-16)15-4-5-20(19(24)12-15)28-9-8-27(2)23(28)29/h4-13H,1-3H3. The van der Waals surface area contributed by atoms with Gasteiger partial charge in [-0.15, -0.1) is 0 Å². The minimum atomic E-state index is -0.596. The Kier molecular flexibility index (Phi) is 4.95. The van der Waals surface area contributed by atoms with Crippen LogP contribution in [0.3, 0.4) is 0 Å². The summed E-state index contributed by atoms with van der Waals surface area (Å²) in [6.45, 7) is 1.90. The van der Waals surface area contributed by atoms with Gasteiger partial charge in [0.1, 0.15) is 11.6 Å². The van der Waals surface area contributed by atoms with Gasteiger partial charge < -0.3 is 9.30 Å². The van der Waals surface area contributed by atoms with Crippen LogP contribution in [0.4, 0.5) is 8.78 Å². The fourth-order valence-corrected chi connectivity index (χ4v) is 3.51. The number of aromatic nitrogens is 3. The molecule has 5 nitrogen and oxygen atoms in total. The smallest absolute Gasteiger partial charge is 0.332 e. The van der Waals surface area contributed by atoms with E-state index < -0.39 is 11.8 Å². The lowest BCUT2D eigenvalue weighted by Crippen LogP contribution is -2.21. The third-order valence-corrected chi connectivity index (χ3v) is 4.94. The van der Waals surface area contributed by atoms with E-state index in [0.29, 0.717) is 28.0 Å². The van der Waals surface area contributed by atoms with Crippen LogP contribution in [0.1, 0.15) is 5.56 Å². The van der Waals surface area contributed by atoms with E-state index in [4.69, 9.17) is 4.74 Å². The van der Waals surface area contributed by atoms with Crippen LogP contribution < -0.4 is 10.4 Å². The molecule has 7 heteroatoms. The second kappa shape index (κ2) is 7.59. The molecule has 0 spiro atoms. The Morgan fingerprint density at radius 2 is 1.67 bits per heavy atom. The maximum Gasteiger partial charge on any atom is 0.332 e. The number of methoxy groups -OCH3 is 1. The maximum absolute atomic E-state index is 15.0. The van der Waals surface area contributed by atoms with E-state index >= 15 is 0 Å². The topological polar surface area (TPSA) is 49.0 Å². The molecule has 0 amide bonds. The van der Waals surface area contributed by atoms with E-state index in [-0.39, 0.29) is 11.4 Å². The van der Waals surface area contributed by atoms with Crippen LogP contribution in [0.15, 0.2) is 65.8 Å². The number of nitrogens with zero attached hydrogens (tertiary/aromatic N) is 3. The van der Waals surface area contributed by atoms with Gasteiger partial charge in [0.05, 0.1) is 12.8 Å². The van der Waals surface area contributed by atoms with Crippen LogP contribution in [0, 0.1) is 18.7 Å². The highest BCUT2D eigenvalue weighted by Gasteiger charge is 2.17. The number of imidazole rings is 1. The van der Waals surface area contributed by atoms with E-state index in [0.717, 1.165) is 5.56 Å². The van der Waals surface area contributed by atoms with Gasteiger partial charge in [-0.1, -0.05) is 6.07 Å². The number of pyridine rings is 1. The highest BCUT2D eigenvalue weighted by molar-refractivity contribution is 5.83. The zero-order valence-corrected chi connectivity index (χ0v) is 16.7. The molecule has 0 radical (unpaired) electrons. The van der Waals surface area contributed by atoms with E-state index in [1.807, 2.05) is 19.1 Å². The molecule has 30 heavy (non-hydrogen) atoms. The molecule has 152 valence electrons. The molecule has 4 aromatic rings. The van der Waals surface area contributed by atoms with Gasteiger partial charge in [-0.2, -0.15) is 4.39 Å². The van der Waals surface area contributed by atoms with Crippen molar-refractivity contribution in [1.82, 2.24) is 14.1 Å². The number of hydrogen-bond donors (Lipinski definition) is 0. The summed E-state index contributed by atoms with van der Waals surface area (Å²) in [6, 6.07) is 11.4. The van der Waals surface area contributed by atoms with Crippen LogP contribution >= 0.6 is 0 Å². The van der Waals surface area contributed by atoms with Crippen molar-refractivity contribution in [2.45, 2.75) is 6.92 Å². The summed E-state index contributed by atoms with van der Waals surface area (Å²) in [5.74, 6) is -0.641. The van der Waals surface area contributed by atoms with Crippen molar-refractivity contribution in [2.24, 2.45) is 7.05 Å². The first-order valence-electron chi connectivity index (χ1n) is 9.24. The van der Waals surface area contributed by atoms with E-state index in [1.165, 1.54) is 40.8 Å². The lowest BCUT2D eigenvalue weighted by molar-refractivity contribution is 0.418. The summed E-state index contributed by atoms with van der Waals surface area (Å²) in [5, 5.41) is 0. The van der Waals surface area contributed by atoms with Gasteiger partial charge in [-0.25, -0.2) is 14.2 Å². The summed E-state index contributed by atoms with van der Waals surface area (Å²) in [4.78, 5) is 15.8. The van der Waals surface area contributed by atoms with E-state index in [1.54, 1.807) is 31.4 Å². The highest BCUT2D eigenvalue weighted by atomic mass is 19.1. The molecule has 2 aromatic heterocycles. The van der Waals surface area contributed by atoms with Crippen LogP contribution in [0.5, 0.6) is 5.75 Å². The Bertz CT molecular complexity index is 1310. The zero-order chi connectivity index (χ0) is 21.4. The fraction of sp³-hybridized carbons (Fsp3) is 0.130. The molecular formula is C23H19F2N3O2. The molecule has 0 fully saturated rings. The van der Waals surface area contributed by atoms with Gasteiger partial charge in [-0.05, 0) is 53.9 Å². The van der Waals surface area contributed by atoms with Crippen molar-refractivity contribution in [1.29, 1.82) is 0 Å². The second-order valence-electron chi connectivity index (χ2n) is 6.99. The zero-order valence-electron chi connectivity index (χ0n) is 16.7. The Balaban J connectivity index is 1.88. The molecule has 0 saturated carbocycles. The molecule has 2 heterocycles. The number of benzene rings is 2. The quantitative estimate of drug-likeness (QED) is 0.468. The molecule has 4 rings (SSSR count). The summed E-state index contributed by atoms with van der Waals surface area (Å²) in [6.07, 6.45) is 4.47. The van der Waals surface area contributed by atoms with Gasteiger partial charge in [0.2, 0.25) is 5.95 Å². The summed E-state index contributed by atoms with van der Waals surface area (Å²) in [5.41, 5.74) is 3.26. The second-order valence-corrected chi connectivity index (χ2v) is 6.99. The lowest BCUT2D eigenvalue weighted by atomic mass is 9.95. The van der Waals surface area contributed by atoms with E-state index in [2.05, 4.69) is 4.98 Å². The Labute approximate surface area is 171 Å². The maximum atomic E-state index is 15.0. The Hall–Kier alpha value is -3.74. The largest absolute Gasteiger partial charge is 0.495 e. The molecule has 0 aliphatic carbocycles. The number of aryl methyl sites for hydroxylation is 2. The van der Waals surface area contributed by atoms with Crippen LogP contribution in [0.25, 0.3) is 27.9 Å². The third-order valence-electron chi connectivity index (χ3n) is 4.94. The van der Waals surface area contributed by atoms with Crippen molar-refractivity contribution in [2.75, 3.05) is 7.11 Å². The van der Waals surface area contributed by atoms with Crippen LogP contribution in [-0.2, 0) is 7.05 Å². The molecule has 0 N–H and O–H groups in total. The van der Waals surface area contributed by atoms with Crippen LogP contribution in [0.2, 0.25) is 0 Å². The number of hydrogen-bond acceptors (Lipinski definition) is 3. The minimum Gasteiger partial charge on any atom is -0.495 e. The normalized spacial score (nSPS) is 11.0. The first-order chi connectivity index (χ1) is 14.4. The van der Waals surface area contributed by atoms with Gasteiger partial charge in [-0.3, -0.25) is 4.57 Å². The predicted octanol–water partition coefficient (Wildman–Crippen LogP) is 4.50. The Morgan fingerprint density at radius 3 is 2.23 bits per heavy atom. The summed E-state index contributed by atoms with van der Waals surface area (Å²) in [7, 11) is 3.12. The summed E-state index contributed by atoms with van der Waals surface area (Å²) >= 11 is 0. The molecule has 0 aliphatic rings. The molecule has 0 atom stereocenters. The van der Waals surface area contributed by atoms with Crippen molar-refractivity contribution in [3.8, 4) is 33.7 Å². The van der Waals surface area contributed by atoms with Gasteiger partial charge in [0.15, 0.2) is 0 Å². The molecule has 0 aliphatic heterocycles. The SMILES string of the molecule is COc1c(-c2ccnc(F)c2)cc(C)cc1-c1ccc(-n2ccn(C)c2=O)c(F)c1. The fourth-order valence-electron chi connectivity index (χ4n) is 3.51.